The number of hydrogen-bond acceptors (Lipinski definition) is 2. The summed E-state index contributed by atoms with van der Waals surface area (Å²) in [4.78, 5) is 0. The summed E-state index contributed by atoms with van der Waals surface area (Å²) in [5, 5.41) is 1.93. The Bertz CT molecular complexity index is 420. The van der Waals surface area contributed by atoms with Crippen molar-refractivity contribution in [3.05, 3.63) is 29.3 Å². The van der Waals surface area contributed by atoms with Crippen LogP contribution in [-0.4, -0.2) is 25.9 Å². The summed E-state index contributed by atoms with van der Waals surface area (Å²) in [6.07, 6.45) is -4.53. The first-order chi connectivity index (χ1) is 8.72. The van der Waals surface area contributed by atoms with E-state index in [0.717, 1.165) is 0 Å². The fourth-order valence-corrected chi connectivity index (χ4v) is 1.16. The minimum atomic E-state index is -4.53. The molecule has 0 radical (unpaired) electrons. The molecule has 0 aliphatic rings. The number of rotatable bonds is 5. The van der Waals surface area contributed by atoms with Crippen molar-refractivity contribution in [2.24, 2.45) is 0 Å². The largest absolute Gasteiger partial charge is 0.411 e. The zero-order valence-electron chi connectivity index (χ0n) is 9.25. The highest BCUT2D eigenvalue weighted by Gasteiger charge is 2.27. The molecule has 0 aliphatic carbocycles. The minimum absolute atomic E-state index is 0.0238. The molecule has 0 heterocycles. The summed E-state index contributed by atoms with van der Waals surface area (Å²) in [6.45, 7) is -2.53. The summed E-state index contributed by atoms with van der Waals surface area (Å²) in [5.41, 5.74) is -1.09. The fraction of sp³-hybridized carbons (Fsp3) is 0.400. The maximum Gasteiger partial charge on any atom is 0.411 e. The van der Waals surface area contributed by atoms with Gasteiger partial charge in [0.05, 0.1) is 6.61 Å². The van der Waals surface area contributed by atoms with Crippen LogP contribution in [0.5, 0.6) is 0 Å². The number of hydrogen-bond donors (Lipinski definition) is 1. The van der Waals surface area contributed by atoms with Crippen molar-refractivity contribution in [3.63, 3.8) is 0 Å². The highest BCUT2D eigenvalue weighted by Crippen LogP contribution is 2.23. The second-order valence-corrected chi connectivity index (χ2v) is 3.44. The number of ether oxygens (including phenoxy) is 1. The predicted molar refractivity (Wildman–Crippen MR) is 51.6 cm³/mol. The van der Waals surface area contributed by atoms with E-state index >= 15 is 0 Å². The van der Waals surface area contributed by atoms with E-state index in [0.29, 0.717) is 0 Å². The van der Waals surface area contributed by atoms with Gasteiger partial charge in [-0.05, 0) is 0 Å². The molecule has 0 spiro atoms. The van der Waals surface area contributed by atoms with Crippen LogP contribution in [0.3, 0.4) is 0 Å². The SMILES string of the molecule is Fc1cc(F)c(F)c(NCCOCC(F)(F)F)c1F. The highest BCUT2D eigenvalue weighted by atomic mass is 19.4. The zero-order chi connectivity index (χ0) is 14.6. The Hall–Kier alpha value is -1.51. The molecule has 1 rings (SSSR count). The molecule has 108 valence electrons. The molecule has 9 heteroatoms. The van der Waals surface area contributed by atoms with Gasteiger partial charge in [0.15, 0.2) is 23.3 Å². The van der Waals surface area contributed by atoms with Crippen molar-refractivity contribution in [1.29, 1.82) is 0 Å². The van der Waals surface area contributed by atoms with Crippen LogP contribution in [0.25, 0.3) is 0 Å². The van der Waals surface area contributed by atoms with E-state index < -0.39 is 54.9 Å². The fourth-order valence-electron chi connectivity index (χ4n) is 1.16. The van der Waals surface area contributed by atoms with E-state index in [-0.39, 0.29) is 6.07 Å². The maximum absolute atomic E-state index is 13.1. The number of benzene rings is 1. The second-order valence-electron chi connectivity index (χ2n) is 3.44. The lowest BCUT2D eigenvalue weighted by molar-refractivity contribution is -0.172. The Labute approximate surface area is 103 Å². The number of anilines is 1. The molecule has 19 heavy (non-hydrogen) atoms. The molecule has 0 saturated carbocycles. The third-order valence-electron chi connectivity index (χ3n) is 1.93. The predicted octanol–water partition coefficient (Wildman–Crippen LogP) is 3.23. The van der Waals surface area contributed by atoms with Gasteiger partial charge in [-0.25, -0.2) is 17.6 Å². The first-order valence-corrected chi connectivity index (χ1v) is 4.93. The standard InChI is InChI=1S/C10H8F7NO/c11-5-3-6(12)8(14)9(7(5)13)18-1-2-19-4-10(15,16)17/h3,18H,1-2,4H2. The third-order valence-corrected chi connectivity index (χ3v) is 1.93. The summed E-state index contributed by atoms with van der Waals surface area (Å²) < 4.78 is 90.8. The highest BCUT2D eigenvalue weighted by molar-refractivity contribution is 5.47. The maximum atomic E-state index is 13.1. The quantitative estimate of drug-likeness (QED) is 0.511. The molecule has 0 atom stereocenters. The lowest BCUT2D eigenvalue weighted by Gasteiger charge is -2.11. The van der Waals surface area contributed by atoms with Gasteiger partial charge >= 0.3 is 6.18 Å². The molecule has 0 unspecified atom stereocenters. The van der Waals surface area contributed by atoms with Gasteiger partial charge in [0.25, 0.3) is 0 Å². The molecule has 1 aromatic rings. The van der Waals surface area contributed by atoms with Crippen LogP contribution in [0.4, 0.5) is 36.4 Å². The molecule has 0 saturated heterocycles. The van der Waals surface area contributed by atoms with Crippen LogP contribution in [0.2, 0.25) is 0 Å². The van der Waals surface area contributed by atoms with E-state index in [2.05, 4.69) is 4.74 Å². The Morgan fingerprint density at radius 1 is 1.00 bits per heavy atom. The van der Waals surface area contributed by atoms with Crippen LogP contribution < -0.4 is 5.32 Å². The minimum Gasteiger partial charge on any atom is -0.378 e. The molecule has 0 aromatic heterocycles. The second kappa shape index (κ2) is 6.09. The van der Waals surface area contributed by atoms with Gasteiger partial charge in [-0.3, -0.25) is 0 Å². The zero-order valence-corrected chi connectivity index (χ0v) is 9.25. The van der Waals surface area contributed by atoms with Crippen LogP contribution >= 0.6 is 0 Å². The van der Waals surface area contributed by atoms with E-state index in [4.69, 9.17) is 0 Å². The van der Waals surface area contributed by atoms with Gasteiger partial charge in [0.2, 0.25) is 0 Å². The van der Waals surface area contributed by atoms with E-state index in [9.17, 15) is 30.7 Å². The summed E-state index contributed by atoms with van der Waals surface area (Å²) in [7, 11) is 0. The van der Waals surface area contributed by atoms with Gasteiger partial charge in [0, 0.05) is 12.6 Å². The molecule has 0 amide bonds. The summed E-state index contributed by atoms with van der Waals surface area (Å²) in [6, 6.07) is 0.0238. The normalized spacial score (nSPS) is 11.7. The van der Waals surface area contributed by atoms with E-state index in [1.807, 2.05) is 5.32 Å². The van der Waals surface area contributed by atoms with Gasteiger partial charge < -0.3 is 10.1 Å². The smallest absolute Gasteiger partial charge is 0.378 e. The van der Waals surface area contributed by atoms with Crippen LogP contribution in [0.1, 0.15) is 0 Å². The summed E-state index contributed by atoms with van der Waals surface area (Å²) in [5.74, 6) is -6.54. The Morgan fingerprint density at radius 2 is 1.53 bits per heavy atom. The number of nitrogens with one attached hydrogen (secondary N) is 1. The summed E-state index contributed by atoms with van der Waals surface area (Å²) >= 11 is 0. The molecule has 0 fully saturated rings. The van der Waals surface area contributed by atoms with Gasteiger partial charge in [-0.15, -0.1) is 0 Å². The van der Waals surface area contributed by atoms with Crippen molar-refractivity contribution in [1.82, 2.24) is 0 Å². The number of alkyl halides is 3. The van der Waals surface area contributed by atoms with Crippen LogP contribution in [0, 0.1) is 23.3 Å². The molecule has 1 aromatic carbocycles. The molecule has 1 N–H and O–H groups in total. The van der Waals surface area contributed by atoms with Crippen molar-refractivity contribution >= 4 is 5.69 Å². The Balaban J connectivity index is 2.54. The molecule has 0 aliphatic heterocycles. The van der Waals surface area contributed by atoms with Crippen molar-refractivity contribution in [2.45, 2.75) is 6.18 Å². The number of halogens is 7. The van der Waals surface area contributed by atoms with Crippen molar-refractivity contribution in [2.75, 3.05) is 25.1 Å². The monoisotopic (exact) mass is 291 g/mol. The Kier molecular flexibility index (Phi) is 4.98. The molecule has 0 bridgehead atoms. The molecular formula is C10H8F7NO. The van der Waals surface area contributed by atoms with Crippen molar-refractivity contribution < 1.29 is 35.5 Å². The average Bonchev–Trinajstić information content (AvgIpc) is 2.29. The third kappa shape index (κ3) is 4.58. The first-order valence-electron chi connectivity index (χ1n) is 4.93. The lowest BCUT2D eigenvalue weighted by Crippen LogP contribution is -2.20. The lowest BCUT2D eigenvalue weighted by atomic mass is 10.2. The molecular weight excluding hydrogens is 283 g/mol. The molecule has 2 nitrogen and oxygen atoms in total. The van der Waals surface area contributed by atoms with Gasteiger partial charge in [0.1, 0.15) is 12.3 Å². The van der Waals surface area contributed by atoms with Crippen LogP contribution in [-0.2, 0) is 4.74 Å². The van der Waals surface area contributed by atoms with E-state index in [1.165, 1.54) is 0 Å². The van der Waals surface area contributed by atoms with Crippen LogP contribution in [0.15, 0.2) is 6.07 Å². The van der Waals surface area contributed by atoms with E-state index in [1.54, 1.807) is 0 Å². The topological polar surface area (TPSA) is 21.3 Å². The van der Waals surface area contributed by atoms with Gasteiger partial charge in [-0.1, -0.05) is 0 Å². The van der Waals surface area contributed by atoms with Crippen molar-refractivity contribution in [3.8, 4) is 0 Å². The first kappa shape index (κ1) is 15.5. The average molecular weight is 291 g/mol. The van der Waals surface area contributed by atoms with Gasteiger partial charge in [-0.2, -0.15) is 13.2 Å². The Morgan fingerprint density at radius 3 is 2.00 bits per heavy atom.